The van der Waals surface area contributed by atoms with Gasteiger partial charge in [-0.15, -0.1) is 22.7 Å². The van der Waals surface area contributed by atoms with E-state index in [-0.39, 0.29) is 5.41 Å². The quantitative estimate of drug-likeness (QED) is 0.160. The highest BCUT2D eigenvalue weighted by atomic mass is 32.1. The van der Waals surface area contributed by atoms with Crippen molar-refractivity contribution in [3.63, 3.8) is 0 Å². The summed E-state index contributed by atoms with van der Waals surface area (Å²) in [6.45, 7) is 4.82. The van der Waals surface area contributed by atoms with E-state index in [1.54, 1.807) is 0 Å². The van der Waals surface area contributed by atoms with Crippen LogP contribution in [0.5, 0.6) is 0 Å². The van der Waals surface area contributed by atoms with Crippen LogP contribution in [0.1, 0.15) is 58.4 Å². The molecule has 0 N–H and O–H groups in total. The van der Waals surface area contributed by atoms with Gasteiger partial charge in [-0.25, -0.2) is 0 Å². The standard InChI is InChI=1S/C58H35NS2/c1-57(2)43-18-8-9-19-47(43)59(49-31-51-40(30-46(49)57)36-14-5-10-21-50(36)60-51)48-20-11-15-37-38-27-29-45-54(56(38)61-55(37)48)39-26-24-32-22-23-33-25-28-44(53(39)52(32)33)58(45)41-16-6-3-12-34(41)35-13-4-7-17-42(35)58/h3-31H,1-2H3. The number of hydrogen-bond donors (Lipinski definition) is 0. The van der Waals surface area contributed by atoms with Gasteiger partial charge in [-0.2, -0.15) is 0 Å². The van der Waals surface area contributed by atoms with Gasteiger partial charge in [0.05, 0.1) is 27.2 Å². The molecule has 9 aromatic carbocycles. The topological polar surface area (TPSA) is 3.24 Å². The molecule has 3 heteroatoms. The number of benzene rings is 9. The summed E-state index contributed by atoms with van der Waals surface area (Å²) in [7, 11) is 0. The molecular formula is C58H35NS2. The minimum Gasteiger partial charge on any atom is -0.308 e. The lowest BCUT2D eigenvalue weighted by Gasteiger charge is -2.42. The normalized spacial score (nSPS) is 15.5. The van der Waals surface area contributed by atoms with Gasteiger partial charge in [0.1, 0.15) is 0 Å². The summed E-state index contributed by atoms with van der Waals surface area (Å²) in [6.07, 6.45) is 4.62. The second kappa shape index (κ2) is 11.1. The zero-order valence-electron chi connectivity index (χ0n) is 33.5. The highest BCUT2D eigenvalue weighted by Gasteiger charge is 2.51. The maximum Gasteiger partial charge on any atom is 0.0726 e. The lowest BCUT2D eigenvalue weighted by atomic mass is 9.61. The highest BCUT2D eigenvalue weighted by molar-refractivity contribution is 7.27. The van der Waals surface area contributed by atoms with E-state index in [1.165, 1.54) is 135 Å². The van der Waals surface area contributed by atoms with Crippen LogP contribution < -0.4 is 4.90 Å². The predicted octanol–water partition coefficient (Wildman–Crippen LogP) is 16.5. The van der Waals surface area contributed by atoms with E-state index in [2.05, 4.69) is 195 Å². The molecule has 11 aromatic rings. The first kappa shape index (κ1) is 33.0. The van der Waals surface area contributed by atoms with E-state index in [1.807, 2.05) is 22.7 Å². The van der Waals surface area contributed by atoms with Crippen molar-refractivity contribution >= 4 is 103 Å². The fourth-order valence-electron chi connectivity index (χ4n) is 12.3. The van der Waals surface area contributed by atoms with E-state index in [0.717, 1.165) is 0 Å². The molecule has 0 bridgehead atoms. The summed E-state index contributed by atoms with van der Waals surface area (Å²) >= 11 is 3.89. The Morgan fingerprint density at radius 1 is 0.393 bits per heavy atom. The summed E-state index contributed by atoms with van der Waals surface area (Å²) in [4.78, 5) is 2.59. The Morgan fingerprint density at radius 3 is 1.87 bits per heavy atom. The van der Waals surface area contributed by atoms with Gasteiger partial charge in [0.25, 0.3) is 0 Å². The van der Waals surface area contributed by atoms with E-state index in [0.29, 0.717) is 0 Å². The lowest BCUT2D eigenvalue weighted by molar-refractivity contribution is 0.633. The number of rotatable bonds is 1. The molecule has 0 saturated carbocycles. The van der Waals surface area contributed by atoms with Crippen molar-refractivity contribution in [2.24, 2.45) is 0 Å². The zero-order chi connectivity index (χ0) is 39.9. The molecule has 3 aliphatic carbocycles. The molecule has 0 fully saturated rings. The molecule has 1 aliphatic heterocycles. The first-order chi connectivity index (χ1) is 30.0. The Balaban J connectivity index is 1.07. The maximum absolute atomic E-state index is 2.59. The molecule has 4 aliphatic rings. The first-order valence-corrected chi connectivity index (χ1v) is 23.0. The summed E-state index contributed by atoms with van der Waals surface area (Å²) in [6, 6.07) is 63.0. The predicted molar refractivity (Wildman–Crippen MR) is 262 cm³/mol. The summed E-state index contributed by atoms with van der Waals surface area (Å²) < 4.78 is 5.36. The van der Waals surface area contributed by atoms with Crippen molar-refractivity contribution in [2.75, 3.05) is 4.90 Å². The zero-order valence-corrected chi connectivity index (χ0v) is 35.1. The van der Waals surface area contributed by atoms with Crippen LogP contribution in [0.4, 0.5) is 17.1 Å². The fraction of sp³-hybridized carbons (Fsp3) is 0.0690. The maximum atomic E-state index is 2.59. The molecule has 0 saturated heterocycles. The van der Waals surface area contributed by atoms with Crippen molar-refractivity contribution in [1.29, 1.82) is 0 Å². The van der Waals surface area contributed by atoms with E-state index in [4.69, 9.17) is 0 Å². The number of nitrogens with zero attached hydrogens (tertiary/aromatic N) is 1. The minimum atomic E-state index is -0.450. The minimum absolute atomic E-state index is 0.183. The molecule has 15 rings (SSSR count). The molecule has 3 heterocycles. The first-order valence-electron chi connectivity index (χ1n) is 21.3. The Bertz CT molecular complexity index is 3810. The SMILES string of the molecule is CC1(C)c2ccccc2N(c2cccc3c2sc2c4c(ccc23)C2(c3ccccc3-c3ccccc32)c2ccc3c5c(ccc-4c25)C=C3)c2cc3sc4ccccc4c3cc21. The van der Waals surface area contributed by atoms with Gasteiger partial charge in [0.2, 0.25) is 0 Å². The van der Waals surface area contributed by atoms with E-state index in [9.17, 15) is 0 Å². The molecule has 0 atom stereocenters. The van der Waals surface area contributed by atoms with Gasteiger partial charge >= 0.3 is 0 Å². The highest BCUT2D eigenvalue weighted by Crippen LogP contribution is 2.65. The molecule has 2 aromatic heterocycles. The van der Waals surface area contributed by atoms with Gasteiger partial charge < -0.3 is 4.90 Å². The molecule has 1 spiro atoms. The second-order valence-corrected chi connectivity index (χ2v) is 20.0. The van der Waals surface area contributed by atoms with Crippen molar-refractivity contribution in [3.05, 3.63) is 208 Å². The van der Waals surface area contributed by atoms with Crippen LogP contribution in [0.2, 0.25) is 0 Å². The van der Waals surface area contributed by atoms with Crippen LogP contribution >= 0.6 is 22.7 Å². The smallest absolute Gasteiger partial charge is 0.0726 e. The van der Waals surface area contributed by atoms with Gasteiger partial charge in [-0.05, 0) is 102 Å². The summed E-state index contributed by atoms with van der Waals surface area (Å²) in [5.41, 5.74) is 19.5. The Morgan fingerprint density at radius 2 is 1.05 bits per heavy atom. The average molecular weight is 810 g/mol. The number of anilines is 3. The van der Waals surface area contributed by atoms with Gasteiger partial charge in [0.15, 0.2) is 0 Å². The van der Waals surface area contributed by atoms with Crippen LogP contribution in [0, 0.1) is 0 Å². The number of hydrogen-bond acceptors (Lipinski definition) is 3. The average Bonchev–Trinajstić information content (AvgIpc) is 4.07. The molecule has 61 heavy (non-hydrogen) atoms. The lowest BCUT2D eigenvalue weighted by Crippen LogP contribution is -2.32. The monoisotopic (exact) mass is 809 g/mol. The molecule has 284 valence electrons. The molecule has 1 nitrogen and oxygen atoms in total. The second-order valence-electron chi connectivity index (χ2n) is 17.9. The van der Waals surface area contributed by atoms with Gasteiger partial charge in [-0.3, -0.25) is 0 Å². The number of para-hydroxylation sites is 1. The molecule has 0 radical (unpaired) electrons. The van der Waals surface area contributed by atoms with Gasteiger partial charge in [-0.1, -0.05) is 159 Å². The Kier molecular flexibility index (Phi) is 6.02. The summed E-state index contributed by atoms with van der Waals surface area (Å²) in [5, 5.41) is 8.12. The number of fused-ring (bicyclic) bond motifs is 18. The van der Waals surface area contributed by atoms with Crippen LogP contribution in [-0.2, 0) is 10.8 Å². The van der Waals surface area contributed by atoms with Crippen LogP contribution in [-0.4, -0.2) is 0 Å². The third kappa shape index (κ3) is 3.82. The molecule has 0 unspecified atom stereocenters. The van der Waals surface area contributed by atoms with Crippen molar-refractivity contribution in [3.8, 4) is 22.3 Å². The van der Waals surface area contributed by atoms with Crippen molar-refractivity contribution < 1.29 is 0 Å². The van der Waals surface area contributed by atoms with Crippen molar-refractivity contribution in [2.45, 2.75) is 24.7 Å². The fourth-order valence-corrected chi connectivity index (χ4v) is 14.8. The Labute approximate surface area is 361 Å². The molecule has 0 amide bonds. The van der Waals surface area contributed by atoms with Crippen LogP contribution in [0.3, 0.4) is 0 Å². The van der Waals surface area contributed by atoms with E-state index >= 15 is 0 Å². The largest absolute Gasteiger partial charge is 0.308 e. The Hall–Kier alpha value is -6.78. The third-order valence-corrected chi connectivity index (χ3v) is 17.2. The van der Waals surface area contributed by atoms with Crippen LogP contribution in [0.25, 0.3) is 85.5 Å². The van der Waals surface area contributed by atoms with E-state index < -0.39 is 5.41 Å². The third-order valence-electron chi connectivity index (χ3n) is 14.8. The summed E-state index contributed by atoms with van der Waals surface area (Å²) in [5.74, 6) is 0. The van der Waals surface area contributed by atoms with Crippen molar-refractivity contribution in [1.82, 2.24) is 0 Å². The number of thiophene rings is 2. The van der Waals surface area contributed by atoms with Gasteiger partial charge in [0, 0.05) is 46.6 Å². The van der Waals surface area contributed by atoms with Crippen LogP contribution in [0.15, 0.2) is 164 Å². The molecular weight excluding hydrogens is 775 g/mol.